The zero-order valence-electron chi connectivity index (χ0n) is 13.8. The first-order valence-electron chi connectivity index (χ1n) is 7.90. The second-order valence-corrected chi connectivity index (χ2v) is 5.85. The van der Waals surface area contributed by atoms with E-state index in [1.165, 1.54) is 4.90 Å². The van der Waals surface area contributed by atoms with Crippen LogP contribution < -0.4 is 20.4 Å². The van der Waals surface area contributed by atoms with E-state index in [9.17, 15) is 14.4 Å². The molecule has 0 fully saturated rings. The fraction of sp³-hybridized carbons (Fsp3) is 0.105. The Morgan fingerprint density at radius 3 is 2.77 bits per heavy atom. The number of rotatable bonds is 2. The number of ether oxygens (including phenoxy) is 1. The number of amides is 2. The summed E-state index contributed by atoms with van der Waals surface area (Å²) in [6, 6.07) is 12.8. The van der Waals surface area contributed by atoms with Crippen LogP contribution in [0.1, 0.15) is 10.6 Å². The van der Waals surface area contributed by atoms with E-state index < -0.39 is 5.91 Å². The van der Waals surface area contributed by atoms with E-state index in [1.54, 1.807) is 49.5 Å². The van der Waals surface area contributed by atoms with E-state index in [1.807, 2.05) is 0 Å². The molecule has 0 spiro atoms. The molecule has 1 aromatic heterocycles. The molecule has 7 nitrogen and oxygen atoms in total. The summed E-state index contributed by atoms with van der Waals surface area (Å²) in [6.45, 7) is -0.0164. The Kier molecular flexibility index (Phi) is 3.69. The van der Waals surface area contributed by atoms with E-state index in [-0.39, 0.29) is 23.7 Å². The number of fused-ring (bicyclic) bond motifs is 2. The Labute approximate surface area is 147 Å². The predicted octanol–water partition coefficient (Wildman–Crippen LogP) is 2.40. The van der Waals surface area contributed by atoms with Crippen LogP contribution in [0.25, 0.3) is 11.0 Å². The number of nitrogens with one attached hydrogen (secondary N) is 1. The van der Waals surface area contributed by atoms with Gasteiger partial charge >= 0.3 is 0 Å². The highest BCUT2D eigenvalue weighted by Crippen LogP contribution is 2.33. The number of para-hydroxylation sites is 1. The highest BCUT2D eigenvalue weighted by molar-refractivity contribution is 6.04. The average molecular weight is 350 g/mol. The third-order valence-corrected chi connectivity index (χ3v) is 4.16. The highest BCUT2D eigenvalue weighted by Gasteiger charge is 2.23. The maximum absolute atomic E-state index is 12.5. The number of hydrogen-bond acceptors (Lipinski definition) is 5. The topological polar surface area (TPSA) is 88.9 Å². The van der Waals surface area contributed by atoms with Crippen molar-refractivity contribution in [3.8, 4) is 5.75 Å². The first-order valence-corrected chi connectivity index (χ1v) is 7.90. The molecule has 1 N–H and O–H groups in total. The van der Waals surface area contributed by atoms with Crippen LogP contribution in [0.3, 0.4) is 0 Å². The monoisotopic (exact) mass is 350 g/mol. The summed E-state index contributed by atoms with van der Waals surface area (Å²) in [5.41, 5.74) is 1.06. The Bertz CT molecular complexity index is 1100. The van der Waals surface area contributed by atoms with Crippen LogP contribution in [-0.2, 0) is 4.79 Å². The molecule has 0 saturated heterocycles. The van der Waals surface area contributed by atoms with Crippen LogP contribution in [0.2, 0.25) is 0 Å². The molecule has 3 aromatic rings. The third-order valence-electron chi connectivity index (χ3n) is 4.16. The predicted molar refractivity (Wildman–Crippen MR) is 95.8 cm³/mol. The van der Waals surface area contributed by atoms with E-state index in [2.05, 4.69) is 5.32 Å². The molecule has 7 heteroatoms. The lowest BCUT2D eigenvalue weighted by molar-refractivity contribution is -0.120. The summed E-state index contributed by atoms with van der Waals surface area (Å²) in [7, 11) is 1.64. The van der Waals surface area contributed by atoms with Crippen molar-refractivity contribution in [2.24, 2.45) is 0 Å². The van der Waals surface area contributed by atoms with Crippen molar-refractivity contribution in [2.75, 3.05) is 23.9 Å². The van der Waals surface area contributed by atoms with Gasteiger partial charge in [-0.2, -0.15) is 0 Å². The van der Waals surface area contributed by atoms with Gasteiger partial charge in [0.15, 0.2) is 17.8 Å². The Balaban J connectivity index is 1.65. The van der Waals surface area contributed by atoms with Crippen molar-refractivity contribution in [1.29, 1.82) is 0 Å². The molecule has 0 saturated carbocycles. The van der Waals surface area contributed by atoms with Crippen LogP contribution in [0, 0.1) is 0 Å². The molecule has 2 aromatic carbocycles. The molecule has 2 amide bonds. The molecule has 4 rings (SSSR count). The molecule has 130 valence electrons. The normalized spacial score (nSPS) is 13.3. The first kappa shape index (κ1) is 15.9. The molecule has 26 heavy (non-hydrogen) atoms. The van der Waals surface area contributed by atoms with Crippen molar-refractivity contribution in [3.63, 3.8) is 0 Å². The summed E-state index contributed by atoms with van der Waals surface area (Å²) < 4.78 is 10.9. The fourth-order valence-corrected chi connectivity index (χ4v) is 2.76. The van der Waals surface area contributed by atoms with Gasteiger partial charge in [0.1, 0.15) is 11.3 Å². The summed E-state index contributed by atoms with van der Waals surface area (Å²) in [4.78, 5) is 37.8. The summed E-state index contributed by atoms with van der Waals surface area (Å²) in [5.74, 6) is -0.269. The first-order chi connectivity index (χ1) is 12.5. The van der Waals surface area contributed by atoms with Gasteiger partial charge < -0.3 is 19.4 Å². The van der Waals surface area contributed by atoms with E-state index in [0.717, 1.165) is 6.07 Å². The lowest BCUT2D eigenvalue weighted by atomic mass is 10.2. The maximum Gasteiger partial charge on any atom is 0.291 e. The molecule has 0 unspecified atom stereocenters. The van der Waals surface area contributed by atoms with Gasteiger partial charge in [-0.05, 0) is 30.3 Å². The van der Waals surface area contributed by atoms with Crippen molar-refractivity contribution >= 4 is 34.2 Å². The standard InChI is InChI=1S/C19H14N2O5/c1-21-13-8-11(6-7-16(13)25-10-18(21)23)20-19(24)17-9-14(22)12-4-2-3-5-15(12)26-17/h2-9H,10H2,1H3,(H,20,24). The van der Waals surface area contributed by atoms with Gasteiger partial charge in [-0.3, -0.25) is 14.4 Å². The second-order valence-electron chi connectivity index (χ2n) is 5.85. The van der Waals surface area contributed by atoms with Crippen molar-refractivity contribution in [1.82, 2.24) is 0 Å². The van der Waals surface area contributed by atoms with Gasteiger partial charge in [-0.15, -0.1) is 0 Å². The molecule has 1 aliphatic heterocycles. The van der Waals surface area contributed by atoms with E-state index in [4.69, 9.17) is 9.15 Å². The van der Waals surface area contributed by atoms with E-state index >= 15 is 0 Å². The number of anilines is 2. The maximum atomic E-state index is 12.5. The SMILES string of the molecule is CN1C(=O)COc2ccc(NC(=O)c3cc(=O)c4ccccc4o3)cc21. The van der Waals surface area contributed by atoms with Crippen LogP contribution in [0.15, 0.2) is 57.7 Å². The Morgan fingerprint density at radius 2 is 1.92 bits per heavy atom. The van der Waals surface area contributed by atoms with Crippen molar-refractivity contribution < 1.29 is 18.7 Å². The summed E-state index contributed by atoms with van der Waals surface area (Å²) >= 11 is 0. The largest absolute Gasteiger partial charge is 0.482 e. The van der Waals surface area contributed by atoms with Gasteiger partial charge in [-0.1, -0.05) is 12.1 Å². The van der Waals surface area contributed by atoms with Crippen LogP contribution >= 0.6 is 0 Å². The Hall–Kier alpha value is -3.61. The zero-order chi connectivity index (χ0) is 18.3. The Morgan fingerprint density at radius 1 is 1.12 bits per heavy atom. The molecule has 1 aliphatic rings. The number of likely N-dealkylation sites (N-methyl/N-ethyl adjacent to an activating group) is 1. The van der Waals surface area contributed by atoms with Crippen LogP contribution in [-0.4, -0.2) is 25.5 Å². The summed E-state index contributed by atoms with van der Waals surface area (Å²) in [6.07, 6.45) is 0. The van der Waals surface area contributed by atoms with Crippen LogP contribution in [0.5, 0.6) is 5.75 Å². The average Bonchev–Trinajstić information content (AvgIpc) is 2.65. The smallest absolute Gasteiger partial charge is 0.291 e. The van der Waals surface area contributed by atoms with Crippen LogP contribution in [0.4, 0.5) is 11.4 Å². The third kappa shape index (κ3) is 2.69. The van der Waals surface area contributed by atoms with Crippen molar-refractivity contribution in [2.45, 2.75) is 0 Å². The molecule has 2 heterocycles. The van der Waals surface area contributed by atoms with Crippen molar-refractivity contribution in [3.05, 3.63) is 64.5 Å². The van der Waals surface area contributed by atoms with Gasteiger partial charge in [0.25, 0.3) is 11.8 Å². The number of benzene rings is 2. The minimum absolute atomic E-state index is 0.0164. The number of hydrogen-bond donors (Lipinski definition) is 1. The summed E-state index contributed by atoms with van der Waals surface area (Å²) in [5, 5.41) is 3.08. The van der Waals surface area contributed by atoms with Gasteiger partial charge in [0.05, 0.1) is 11.1 Å². The molecular weight excluding hydrogens is 336 g/mol. The second kappa shape index (κ2) is 6.03. The number of carbonyl (C=O) groups excluding carboxylic acids is 2. The molecule has 0 bridgehead atoms. The molecule has 0 radical (unpaired) electrons. The van der Waals surface area contributed by atoms with Gasteiger partial charge in [-0.25, -0.2) is 0 Å². The number of carbonyl (C=O) groups is 2. The molecule has 0 aliphatic carbocycles. The lowest BCUT2D eigenvalue weighted by Gasteiger charge is -2.26. The lowest BCUT2D eigenvalue weighted by Crippen LogP contribution is -2.35. The minimum Gasteiger partial charge on any atom is -0.482 e. The molecular formula is C19H14N2O5. The number of nitrogens with zero attached hydrogens (tertiary/aromatic N) is 1. The highest BCUT2D eigenvalue weighted by atomic mass is 16.5. The quantitative estimate of drug-likeness (QED) is 0.767. The zero-order valence-corrected chi connectivity index (χ0v) is 13.8. The fourth-order valence-electron chi connectivity index (χ4n) is 2.76. The van der Waals surface area contributed by atoms with E-state index in [0.29, 0.717) is 28.1 Å². The minimum atomic E-state index is -0.557. The van der Waals surface area contributed by atoms with Gasteiger partial charge in [0, 0.05) is 18.8 Å². The van der Waals surface area contributed by atoms with Gasteiger partial charge in [0.2, 0.25) is 0 Å². The molecule has 0 atom stereocenters.